The van der Waals surface area contributed by atoms with E-state index in [1.54, 1.807) is 11.1 Å². The van der Waals surface area contributed by atoms with Crippen molar-refractivity contribution >= 4 is 17.8 Å². The van der Waals surface area contributed by atoms with Crippen molar-refractivity contribution in [3.05, 3.63) is 18.0 Å². The molecule has 0 aliphatic carbocycles. The predicted octanol–water partition coefficient (Wildman–Crippen LogP) is 0.0262. The van der Waals surface area contributed by atoms with Crippen molar-refractivity contribution in [3.8, 4) is 0 Å². The second-order valence-electron chi connectivity index (χ2n) is 7.49. The average Bonchev–Trinajstić information content (AvgIpc) is 3.14. The smallest absolute Gasteiger partial charge is 0.248 e. The largest absolute Gasteiger partial charge is 0.378 e. The maximum atomic E-state index is 12.8. The Kier molecular flexibility index (Phi) is 6.79. The number of ether oxygens (including phenoxy) is 2. The Bertz CT molecular complexity index is 693. The molecule has 2 atom stereocenters. The zero-order chi connectivity index (χ0) is 20.1. The van der Waals surface area contributed by atoms with Crippen LogP contribution in [0.5, 0.6) is 0 Å². The van der Waals surface area contributed by atoms with Crippen LogP contribution in [0.2, 0.25) is 0 Å². The lowest BCUT2D eigenvalue weighted by molar-refractivity contribution is -0.134. The Morgan fingerprint density at radius 3 is 2.75 bits per heavy atom. The quantitative estimate of drug-likeness (QED) is 0.730. The van der Waals surface area contributed by atoms with Crippen LogP contribution in [0.1, 0.15) is 25.5 Å². The average molecular weight is 391 g/mol. The van der Waals surface area contributed by atoms with Gasteiger partial charge in [-0.1, -0.05) is 0 Å². The number of morpholine rings is 1. The van der Waals surface area contributed by atoms with Crippen molar-refractivity contribution in [2.45, 2.75) is 25.8 Å². The zero-order valence-electron chi connectivity index (χ0n) is 16.8. The van der Waals surface area contributed by atoms with Crippen LogP contribution in [0.3, 0.4) is 0 Å². The lowest BCUT2D eigenvalue weighted by Gasteiger charge is -2.27. The Morgan fingerprint density at radius 1 is 1.32 bits per heavy atom. The van der Waals surface area contributed by atoms with E-state index in [9.17, 15) is 9.59 Å². The molecule has 3 heterocycles. The van der Waals surface area contributed by atoms with Gasteiger partial charge in [0.05, 0.1) is 24.8 Å². The number of likely N-dealkylation sites (tertiary alicyclic amines) is 1. The fraction of sp³-hybridized carbons (Fsp3) is 0.684. The molecule has 154 valence electrons. The molecule has 2 fully saturated rings. The number of amides is 2. The van der Waals surface area contributed by atoms with Gasteiger partial charge >= 0.3 is 0 Å². The summed E-state index contributed by atoms with van der Waals surface area (Å²) in [6.07, 6.45) is 1.73. The third kappa shape index (κ3) is 4.77. The second kappa shape index (κ2) is 9.29. The van der Waals surface area contributed by atoms with Gasteiger partial charge in [-0.2, -0.15) is 0 Å². The summed E-state index contributed by atoms with van der Waals surface area (Å²) in [5.41, 5.74) is 0.785. The van der Waals surface area contributed by atoms with Crippen LogP contribution in [-0.2, 0) is 19.1 Å². The van der Waals surface area contributed by atoms with E-state index in [1.807, 2.05) is 19.9 Å². The number of aromatic nitrogens is 2. The van der Waals surface area contributed by atoms with Crippen molar-refractivity contribution in [1.29, 1.82) is 0 Å². The standard InChI is InChI=1S/C19H29N5O4/c1-13(2)21-18(26)15-11-24(17(25)12-27-3)10-14(15)16-4-5-20-19(22-16)23-6-8-28-9-7-23/h4-5,13-15H,6-12H2,1-3H3,(H,21,26)/t14-,15-/m0/s1. The molecule has 1 aromatic heterocycles. The minimum Gasteiger partial charge on any atom is -0.378 e. The molecular weight excluding hydrogens is 362 g/mol. The number of nitrogens with one attached hydrogen (secondary N) is 1. The first-order valence-corrected chi connectivity index (χ1v) is 9.72. The molecule has 1 N–H and O–H groups in total. The number of nitrogens with zero attached hydrogens (tertiary/aromatic N) is 4. The minimum absolute atomic E-state index is 0.00798. The first-order valence-electron chi connectivity index (χ1n) is 9.72. The molecule has 0 radical (unpaired) electrons. The fourth-order valence-corrected chi connectivity index (χ4v) is 3.66. The van der Waals surface area contributed by atoms with Gasteiger partial charge in [-0.05, 0) is 19.9 Å². The first kappa shape index (κ1) is 20.5. The highest BCUT2D eigenvalue weighted by atomic mass is 16.5. The van der Waals surface area contributed by atoms with Crippen molar-refractivity contribution in [2.75, 3.05) is 58.0 Å². The molecule has 2 saturated heterocycles. The van der Waals surface area contributed by atoms with Crippen LogP contribution >= 0.6 is 0 Å². The highest BCUT2D eigenvalue weighted by Gasteiger charge is 2.41. The van der Waals surface area contributed by atoms with Gasteiger partial charge in [-0.25, -0.2) is 9.97 Å². The molecule has 9 nitrogen and oxygen atoms in total. The monoisotopic (exact) mass is 391 g/mol. The summed E-state index contributed by atoms with van der Waals surface area (Å²) >= 11 is 0. The van der Waals surface area contributed by atoms with Gasteiger partial charge < -0.3 is 24.6 Å². The van der Waals surface area contributed by atoms with Gasteiger partial charge in [0.1, 0.15) is 6.61 Å². The fourth-order valence-electron chi connectivity index (χ4n) is 3.66. The normalized spacial score (nSPS) is 22.6. The van der Waals surface area contributed by atoms with E-state index in [0.717, 1.165) is 18.8 Å². The van der Waals surface area contributed by atoms with E-state index in [1.165, 1.54) is 7.11 Å². The Labute approximate surface area is 165 Å². The molecule has 0 aromatic carbocycles. The summed E-state index contributed by atoms with van der Waals surface area (Å²) in [5, 5.41) is 2.98. The van der Waals surface area contributed by atoms with Crippen LogP contribution in [0.4, 0.5) is 5.95 Å². The molecule has 0 bridgehead atoms. The maximum absolute atomic E-state index is 12.8. The number of carbonyl (C=O) groups is 2. The number of hydrogen-bond acceptors (Lipinski definition) is 7. The second-order valence-corrected chi connectivity index (χ2v) is 7.49. The summed E-state index contributed by atoms with van der Waals surface area (Å²) in [4.78, 5) is 38.0. The molecule has 2 aliphatic rings. The third-order valence-electron chi connectivity index (χ3n) is 5.05. The zero-order valence-corrected chi connectivity index (χ0v) is 16.8. The van der Waals surface area contributed by atoms with Gasteiger partial charge in [0.15, 0.2) is 0 Å². The summed E-state index contributed by atoms with van der Waals surface area (Å²) in [6.45, 7) is 7.45. The number of anilines is 1. The summed E-state index contributed by atoms with van der Waals surface area (Å²) in [5.74, 6) is -0.0578. The van der Waals surface area contributed by atoms with Crippen LogP contribution in [0.15, 0.2) is 12.3 Å². The molecule has 3 rings (SSSR count). The van der Waals surface area contributed by atoms with E-state index in [2.05, 4.69) is 15.2 Å². The van der Waals surface area contributed by atoms with Crippen LogP contribution < -0.4 is 10.2 Å². The van der Waals surface area contributed by atoms with E-state index in [4.69, 9.17) is 14.5 Å². The van der Waals surface area contributed by atoms with E-state index >= 15 is 0 Å². The summed E-state index contributed by atoms with van der Waals surface area (Å²) in [7, 11) is 1.49. The summed E-state index contributed by atoms with van der Waals surface area (Å²) < 4.78 is 10.4. The van der Waals surface area contributed by atoms with Crippen molar-refractivity contribution < 1.29 is 19.1 Å². The van der Waals surface area contributed by atoms with Crippen molar-refractivity contribution in [1.82, 2.24) is 20.2 Å². The molecule has 2 amide bonds. The molecule has 0 spiro atoms. The number of methoxy groups -OCH3 is 1. The van der Waals surface area contributed by atoms with E-state index < -0.39 is 0 Å². The van der Waals surface area contributed by atoms with Crippen LogP contribution in [0.25, 0.3) is 0 Å². The predicted molar refractivity (Wildman–Crippen MR) is 103 cm³/mol. The highest BCUT2D eigenvalue weighted by Crippen LogP contribution is 2.32. The van der Waals surface area contributed by atoms with Gasteiger partial charge in [-0.15, -0.1) is 0 Å². The number of rotatable bonds is 6. The highest BCUT2D eigenvalue weighted by molar-refractivity contribution is 5.83. The number of carbonyl (C=O) groups excluding carboxylic acids is 2. The maximum Gasteiger partial charge on any atom is 0.248 e. The molecule has 2 aliphatic heterocycles. The molecule has 1 aromatic rings. The topological polar surface area (TPSA) is 96.9 Å². The molecule has 0 unspecified atom stereocenters. The SMILES string of the molecule is COCC(=O)N1C[C@H](C(=O)NC(C)C)[C@@H](c2ccnc(N3CCOCC3)n2)C1. The Balaban J connectivity index is 1.83. The minimum atomic E-state index is -0.351. The molecule has 9 heteroatoms. The van der Waals surface area contributed by atoms with Gasteiger partial charge in [0, 0.05) is 51.4 Å². The lowest BCUT2D eigenvalue weighted by atomic mass is 9.91. The molecule has 0 saturated carbocycles. The molecule has 28 heavy (non-hydrogen) atoms. The van der Waals surface area contributed by atoms with Gasteiger partial charge in [-0.3, -0.25) is 9.59 Å². The van der Waals surface area contributed by atoms with Gasteiger partial charge in [0.25, 0.3) is 0 Å². The van der Waals surface area contributed by atoms with Crippen molar-refractivity contribution in [2.24, 2.45) is 5.92 Å². The van der Waals surface area contributed by atoms with Crippen molar-refractivity contribution in [3.63, 3.8) is 0 Å². The van der Waals surface area contributed by atoms with E-state index in [-0.39, 0.29) is 36.3 Å². The first-order chi connectivity index (χ1) is 13.5. The number of hydrogen-bond donors (Lipinski definition) is 1. The van der Waals surface area contributed by atoms with Crippen LogP contribution in [-0.4, -0.2) is 85.8 Å². The third-order valence-corrected chi connectivity index (χ3v) is 5.05. The lowest BCUT2D eigenvalue weighted by Crippen LogP contribution is -2.39. The van der Waals surface area contributed by atoms with Gasteiger partial charge in [0.2, 0.25) is 17.8 Å². The Morgan fingerprint density at radius 2 is 2.07 bits per heavy atom. The Hall–Kier alpha value is -2.26. The summed E-state index contributed by atoms with van der Waals surface area (Å²) in [6, 6.07) is 1.88. The van der Waals surface area contributed by atoms with E-state index in [0.29, 0.717) is 32.3 Å². The molecular formula is C19H29N5O4. The van der Waals surface area contributed by atoms with Crippen LogP contribution in [0, 0.1) is 5.92 Å².